The van der Waals surface area contributed by atoms with Gasteiger partial charge in [-0.05, 0) is 61.4 Å². The van der Waals surface area contributed by atoms with Gasteiger partial charge >= 0.3 is 10.1 Å². The number of carbonyl (C=O) groups excluding carboxylic acids is 1. The molecule has 6 nitrogen and oxygen atoms in total. The number of anilines is 1. The summed E-state index contributed by atoms with van der Waals surface area (Å²) >= 11 is 12.4. The number of carbonyl (C=O) groups is 1. The average molecular weight is 501 g/mol. The van der Waals surface area contributed by atoms with Crippen LogP contribution in [0.3, 0.4) is 0 Å². The molecule has 0 aliphatic carbocycles. The molecule has 1 N–H and O–H groups in total. The SMILES string of the molecule is Cc1ccc(S(=O)(=O)Oc2c(Cl)cc(/C=C(\C#N)C(=O)Nc3ccccc3C)cc2Cl)cc1. The number of amides is 1. The van der Waals surface area contributed by atoms with E-state index < -0.39 is 16.0 Å². The van der Waals surface area contributed by atoms with Gasteiger partial charge in [-0.15, -0.1) is 0 Å². The molecular weight excluding hydrogens is 483 g/mol. The molecule has 0 spiro atoms. The van der Waals surface area contributed by atoms with E-state index in [2.05, 4.69) is 5.32 Å². The second-order valence-electron chi connectivity index (χ2n) is 7.10. The van der Waals surface area contributed by atoms with Crippen LogP contribution in [0.4, 0.5) is 5.69 Å². The molecule has 0 atom stereocenters. The number of nitrogens with one attached hydrogen (secondary N) is 1. The van der Waals surface area contributed by atoms with Crippen LogP contribution < -0.4 is 9.50 Å². The Hall–Kier alpha value is -3.31. The number of hydrogen-bond acceptors (Lipinski definition) is 5. The second kappa shape index (κ2) is 10.1. The first-order valence-corrected chi connectivity index (χ1v) is 11.8. The van der Waals surface area contributed by atoms with Crippen LogP contribution in [0.2, 0.25) is 10.0 Å². The van der Waals surface area contributed by atoms with Gasteiger partial charge in [-0.1, -0.05) is 59.1 Å². The Labute approximate surface area is 202 Å². The zero-order valence-corrected chi connectivity index (χ0v) is 19.9. The highest BCUT2D eigenvalue weighted by molar-refractivity contribution is 7.87. The van der Waals surface area contributed by atoms with E-state index in [1.165, 1.54) is 30.3 Å². The predicted octanol–water partition coefficient (Wildman–Crippen LogP) is 5.92. The number of aryl methyl sites for hydroxylation is 2. The summed E-state index contributed by atoms with van der Waals surface area (Å²) in [4.78, 5) is 12.5. The molecule has 33 heavy (non-hydrogen) atoms. The topological polar surface area (TPSA) is 96.3 Å². The number of para-hydroxylation sites is 1. The number of benzene rings is 3. The van der Waals surface area contributed by atoms with E-state index in [4.69, 9.17) is 27.4 Å². The Balaban J connectivity index is 1.87. The van der Waals surface area contributed by atoms with Gasteiger partial charge in [-0.25, -0.2) is 0 Å². The van der Waals surface area contributed by atoms with E-state index in [-0.39, 0.29) is 26.3 Å². The summed E-state index contributed by atoms with van der Waals surface area (Å²) in [5, 5.41) is 11.9. The summed E-state index contributed by atoms with van der Waals surface area (Å²) < 4.78 is 30.3. The molecule has 0 radical (unpaired) electrons. The number of halogens is 2. The monoisotopic (exact) mass is 500 g/mol. The maximum Gasteiger partial charge on any atom is 0.339 e. The summed E-state index contributed by atoms with van der Waals surface area (Å²) in [6, 6.07) is 17.8. The van der Waals surface area contributed by atoms with E-state index in [0.29, 0.717) is 11.3 Å². The standard InChI is InChI=1S/C24H18Cl2N2O4S/c1-15-7-9-19(10-8-15)33(30,31)32-23-20(25)12-17(13-21(23)26)11-18(14-27)24(29)28-22-6-4-3-5-16(22)2/h3-13H,1-2H3,(H,28,29)/b18-11+. The van der Waals surface area contributed by atoms with Crippen LogP contribution in [0, 0.1) is 25.2 Å². The minimum Gasteiger partial charge on any atom is -0.376 e. The molecule has 0 aromatic heterocycles. The lowest BCUT2D eigenvalue weighted by atomic mass is 10.1. The van der Waals surface area contributed by atoms with E-state index >= 15 is 0 Å². The Morgan fingerprint density at radius 2 is 1.64 bits per heavy atom. The third kappa shape index (κ3) is 5.93. The minimum absolute atomic E-state index is 0.0520. The van der Waals surface area contributed by atoms with Crippen molar-refractivity contribution in [2.45, 2.75) is 18.7 Å². The van der Waals surface area contributed by atoms with Gasteiger partial charge in [0.1, 0.15) is 16.5 Å². The van der Waals surface area contributed by atoms with Crippen LogP contribution >= 0.6 is 23.2 Å². The zero-order chi connectivity index (χ0) is 24.2. The highest BCUT2D eigenvalue weighted by atomic mass is 35.5. The largest absolute Gasteiger partial charge is 0.376 e. The summed E-state index contributed by atoms with van der Waals surface area (Å²) in [5.41, 5.74) is 2.43. The maximum absolute atomic E-state index is 12.6. The molecule has 0 aliphatic rings. The summed E-state index contributed by atoms with van der Waals surface area (Å²) in [5.74, 6) is -0.861. The van der Waals surface area contributed by atoms with Gasteiger partial charge < -0.3 is 9.50 Å². The Morgan fingerprint density at radius 1 is 1.03 bits per heavy atom. The van der Waals surface area contributed by atoms with Gasteiger partial charge in [0.05, 0.1) is 10.0 Å². The molecule has 3 aromatic rings. The van der Waals surface area contributed by atoms with E-state index in [9.17, 15) is 18.5 Å². The lowest BCUT2D eigenvalue weighted by Crippen LogP contribution is -2.14. The van der Waals surface area contributed by atoms with Crippen molar-refractivity contribution in [3.8, 4) is 11.8 Å². The number of nitriles is 1. The molecule has 1 amide bonds. The molecule has 3 rings (SSSR count). The molecule has 9 heteroatoms. The molecule has 0 fully saturated rings. The van der Waals surface area contributed by atoms with Crippen LogP contribution in [0.15, 0.2) is 71.1 Å². The molecule has 0 bridgehead atoms. The first kappa shape index (κ1) is 24.3. The van der Waals surface area contributed by atoms with Crippen molar-refractivity contribution >= 4 is 51.0 Å². The first-order valence-electron chi connectivity index (χ1n) is 9.59. The molecule has 0 saturated heterocycles. The van der Waals surface area contributed by atoms with Crippen LogP contribution in [-0.4, -0.2) is 14.3 Å². The molecular formula is C24H18Cl2N2O4S. The molecule has 0 unspecified atom stereocenters. The quantitative estimate of drug-likeness (QED) is 0.257. The van der Waals surface area contributed by atoms with E-state index in [1.807, 2.05) is 32.0 Å². The third-order valence-electron chi connectivity index (χ3n) is 4.59. The van der Waals surface area contributed by atoms with Crippen LogP contribution in [-0.2, 0) is 14.9 Å². The van der Waals surface area contributed by atoms with Crippen molar-refractivity contribution in [3.05, 3.63) is 93.0 Å². The normalized spacial score (nSPS) is 11.5. The lowest BCUT2D eigenvalue weighted by molar-refractivity contribution is -0.112. The summed E-state index contributed by atoms with van der Waals surface area (Å²) in [7, 11) is -4.17. The average Bonchev–Trinajstić information content (AvgIpc) is 2.76. The van der Waals surface area contributed by atoms with Gasteiger partial charge in [0.15, 0.2) is 5.75 Å². The van der Waals surface area contributed by atoms with Crippen LogP contribution in [0.5, 0.6) is 5.75 Å². The minimum atomic E-state index is -4.17. The van der Waals surface area contributed by atoms with Gasteiger partial charge in [-0.2, -0.15) is 13.7 Å². The van der Waals surface area contributed by atoms with Crippen molar-refractivity contribution in [1.29, 1.82) is 5.26 Å². The van der Waals surface area contributed by atoms with Gasteiger partial charge in [0.2, 0.25) is 0 Å². The lowest BCUT2D eigenvalue weighted by Gasteiger charge is -2.11. The Bertz CT molecular complexity index is 1370. The first-order chi connectivity index (χ1) is 15.6. The summed E-state index contributed by atoms with van der Waals surface area (Å²) in [6.07, 6.45) is 1.30. The zero-order valence-electron chi connectivity index (χ0n) is 17.6. The van der Waals surface area contributed by atoms with Crippen molar-refractivity contribution in [1.82, 2.24) is 0 Å². The summed E-state index contributed by atoms with van der Waals surface area (Å²) in [6.45, 7) is 3.66. The smallest absolute Gasteiger partial charge is 0.339 e. The van der Waals surface area contributed by atoms with Gasteiger partial charge in [0, 0.05) is 5.69 Å². The Kier molecular flexibility index (Phi) is 7.44. The highest BCUT2D eigenvalue weighted by Crippen LogP contribution is 2.37. The van der Waals surface area contributed by atoms with E-state index in [1.54, 1.807) is 24.3 Å². The fourth-order valence-corrected chi connectivity index (χ4v) is 4.46. The van der Waals surface area contributed by atoms with E-state index in [0.717, 1.165) is 11.1 Å². The molecule has 0 saturated carbocycles. The van der Waals surface area contributed by atoms with Gasteiger partial charge in [-0.3, -0.25) is 4.79 Å². The van der Waals surface area contributed by atoms with Crippen molar-refractivity contribution < 1.29 is 17.4 Å². The van der Waals surface area contributed by atoms with Crippen molar-refractivity contribution in [2.24, 2.45) is 0 Å². The Morgan fingerprint density at radius 3 is 2.21 bits per heavy atom. The number of nitrogens with zero attached hydrogens (tertiary/aromatic N) is 1. The second-order valence-corrected chi connectivity index (χ2v) is 9.46. The third-order valence-corrected chi connectivity index (χ3v) is 6.39. The van der Waals surface area contributed by atoms with Crippen molar-refractivity contribution in [3.63, 3.8) is 0 Å². The fraction of sp³-hybridized carbons (Fsp3) is 0.0833. The van der Waals surface area contributed by atoms with Crippen LogP contribution in [0.1, 0.15) is 16.7 Å². The maximum atomic E-state index is 12.6. The number of hydrogen-bond donors (Lipinski definition) is 1. The molecule has 0 heterocycles. The highest BCUT2D eigenvalue weighted by Gasteiger charge is 2.21. The molecule has 0 aliphatic heterocycles. The predicted molar refractivity (Wildman–Crippen MR) is 129 cm³/mol. The van der Waals surface area contributed by atoms with Crippen LogP contribution in [0.25, 0.3) is 6.08 Å². The van der Waals surface area contributed by atoms with Gasteiger partial charge in [0.25, 0.3) is 5.91 Å². The molecule has 168 valence electrons. The molecule has 3 aromatic carbocycles. The fourth-order valence-electron chi connectivity index (χ4n) is 2.82. The van der Waals surface area contributed by atoms with Crippen molar-refractivity contribution in [2.75, 3.05) is 5.32 Å². The number of rotatable bonds is 6.